The highest BCUT2D eigenvalue weighted by molar-refractivity contribution is 4.80. The lowest BCUT2D eigenvalue weighted by atomic mass is 9.79. The van der Waals surface area contributed by atoms with Gasteiger partial charge in [0.05, 0.1) is 6.10 Å². The second-order valence-corrected chi connectivity index (χ2v) is 6.41. The Balaban J connectivity index is 2.21. The third-order valence-corrected chi connectivity index (χ3v) is 4.92. The Morgan fingerprint density at radius 1 is 1.06 bits per heavy atom. The van der Waals surface area contributed by atoms with Crippen molar-refractivity contribution in [3.8, 4) is 0 Å². The van der Waals surface area contributed by atoms with Crippen LogP contribution in [0.1, 0.15) is 66.2 Å². The Bertz CT molecular complexity index is 205. The lowest BCUT2D eigenvalue weighted by molar-refractivity contribution is 0.0943. The maximum Gasteiger partial charge on any atom is 0.0692 e. The van der Waals surface area contributed by atoms with Crippen molar-refractivity contribution < 1.29 is 5.11 Å². The molecule has 1 atom stereocenters. The summed E-state index contributed by atoms with van der Waals surface area (Å²) in [6.07, 6.45) is 7.30. The Labute approximate surface area is 114 Å². The third-order valence-electron chi connectivity index (χ3n) is 4.92. The van der Waals surface area contributed by atoms with Crippen LogP contribution in [-0.4, -0.2) is 23.8 Å². The van der Waals surface area contributed by atoms with E-state index in [-0.39, 0.29) is 6.10 Å². The summed E-state index contributed by atoms with van der Waals surface area (Å²) < 4.78 is 0. The van der Waals surface area contributed by atoms with E-state index in [4.69, 9.17) is 0 Å². The van der Waals surface area contributed by atoms with E-state index in [1.54, 1.807) is 0 Å². The monoisotopic (exact) mass is 255 g/mol. The van der Waals surface area contributed by atoms with Crippen molar-refractivity contribution in [2.45, 2.75) is 78.4 Å². The van der Waals surface area contributed by atoms with E-state index in [2.05, 4.69) is 33.0 Å². The molecule has 0 spiro atoms. The molecule has 0 saturated heterocycles. The summed E-state index contributed by atoms with van der Waals surface area (Å²) >= 11 is 0. The van der Waals surface area contributed by atoms with E-state index in [0.29, 0.717) is 12.0 Å². The predicted molar refractivity (Wildman–Crippen MR) is 78.7 cm³/mol. The molecular formula is C16H33NO. The highest BCUT2D eigenvalue weighted by Gasteiger charge is 2.24. The van der Waals surface area contributed by atoms with Crippen LogP contribution in [-0.2, 0) is 0 Å². The van der Waals surface area contributed by atoms with Crippen LogP contribution < -0.4 is 5.32 Å². The summed E-state index contributed by atoms with van der Waals surface area (Å²) in [7, 11) is 0. The average Bonchev–Trinajstić information content (AvgIpc) is 2.38. The first-order valence-corrected chi connectivity index (χ1v) is 7.99. The van der Waals surface area contributed by atoms with Gasteiger partial charge in [0.15, 0.2) is 0 Å². The van der Waals surface area contributed by atoms with Gasteiger partial charge in [-0.2, -0.15) is 0 Å². The van der Waals surface area contributed by atoms with Crippen LogP contribution in [0.5, 0.6) is 0 Å². The molecule has 1 aliphatic carbocycles. The molecule has 0 bridgehead atoms. The summed E-state index contributed by atoms with van der Waals surface area (Å²) in [5.74, 6) is 2.22. The molecule has 0 amide bonds. The zero-order chi connectivity index (χ0) is 13.5. The van der Waals surface area contributed by atoms with Gasteiger partial charge in [0.1, 0.15) is 0 Å². The lowest BCUT2D eigenvalue weighted by Crippen LogP contribution is -2.40. The van der Waals surface area contributed by atoms with Gasteiger partial charge in [0.25, 0.3) is 0 Å². The van der Waals surface area contributed by atoms with E-state index in [1.807, 2.05) is 0 Å². The molecule has 0 radical (unpaired) electrons. The topological polar surface area (TPSA) is 32.3 Å². The first-order valence-electron chi connectivity index (χ1n) is 7.99. The van der Waals surface area contributed by atoms with Gasteiger partial charge in [0, 0.05) is 12.6 Å². The van der Waals surface area contributed by atoms with Crippen LogP contribution >= 0.6 is 0 Å². The van der Waals surface area contributed by atoms with Gasteiger partial charge in [-0.3, -0.25) is 0 Å². The van der Waals surface area contributed by atoms with Gasteiger partial charge in [-0.05, 0) is 43.4 Å². The number of hydrogen-bond donors (Lipinski definition) is 2. The van der Waals surface area contributed by atoms with Crippen molar-refractivity contribution in [1.29, 1.82) is 0 Å². The fraction of sp³-hybridized carbons (Fsp3) is 1.00. The van der Waals surface area contributed by atoms with Crippen LogP contribution in [0.4, 0.5) is 0 Å². The van der Waals surface area contributed by atoms with Crippen LogP contribution in [0.2, 0.25) is 0 Å². The van der Waals surface area contributed by atoms with E-state index in [9.17, 15) is 5.11 Å². The maximum absolute atomic E-state index is 10.1. The number of hydrogen-bond acceptors (Lipinski definition) is 2. The van der Waals surface area contributed by atoms with Gasteiger partial charge in [-0.15, -0.1) is 0 Å². The molecule has 0 aromatic carbocycles. The Morgan fingerprint density at radius 3 is 2.06 bits per heavy atom. The lowest BCUT2D eigenvalue weighted by Gasteiger charge is -2.32. The molecule has 1 saturated carbocycles. The summed E-state index contributed by atoms with van der Waals surface area (Å²) in [4.78, 5) is 0. The van der Waals surface area contributed by atoms with Crippen molar-refractivity contribution in [2.24, 2.45) is 17.8 Å². The van der Waals surface area contributed by atoms with E-state index >= 15 is 0 Å². The Kier molecular flexibility index (Phi) is 7.25. The first-order chi connectivity index (χ1) is 8.58. The van der Waals surface area contributed by atoms with Gasteiger partial charge in [0.2, 0.25) is 0 Å². The molecule has 1 unspecified atom stereocenters. The Hall–Kier alpha value is -0.0800. The van der Waals surface area contributed by atoms with E-state index < -0.39 is 0 Å². The highest BCUT2D eigenvalue weighted by Crippen LogP contribution is 2.29. The molecular weight excluding hydrogens is 222 g/mol. The Morgan fingerprint density at radius 2 is 1.61 bits per heavy atom. The van der Waals surface area contributed by atoms with Crippen LogP contribution in [0.15, 0.2) is 0 Å². The summed E-state index contributed by atoms with van der Waals surface area (Å²) in [5, 5.41) is 13.7. The molecule has 2 heteroatoms. The molecule has 0 aromatic heterocycles. The van der Waals surface area contributed by atoms with Crippen molar-refractivity contribution in [1.82, 2.24) is 5.32 Å². The van der Waals surface area contributed by atoms with Crippen molar-refractivity contribution >= 4 is 0 Å². The molecule has 0 aromatic rings. The molecule has 0 aliphatic heterocycles. The molecule has 1 fully saturated rings. The number of nitrogens with one attached hydrogen (secondary N) is 1. The van der Waals surface area contributed by atoms with Gasteiger partial charge in [-0.25, -0.2) is 0 Å². The van der Waals surface area contributed by atoms with Crippen molar-refractivity contribution in [2.75, 3.05) is 6.54 Å². The fourth-order valence-electron chi connectivity index (χ4n) is 3.28. The molecule has 1 aliphatic rings. The van der Waals surface area contributed by atoms with E-state index in [1.165, 1.54) is 25.7 Å². The number of rotatable bonds is 7. The second kappa shape index (κ2) is 8.16. The minimum absolute atomic E-state index is 0.164. The van der Waals surface area contributed by atoms with Crippen LogP contribution in [0.25, 0.3) is 0 Å². The quantitative estimate of drug-likeness (QED) is 0.728. The molecule has 0 heterocycles. The minimum Gasteiger partial charge on any atom is -0.392 e. The van der Waals surface area contributed by atoms with Crippen LogP contribution in [0, 0.1) is 17.8 Å². The molecule has 108 valence electrons. The zero-order valence-electron chi connectivity index (χ0n) is 12.8. The molecule has 18 heavy (non-hydrogen) atoms. The van der Waals surface area contributed by atoms with Gasteiger partial charge in [-0.1, -0.05) is 40.5 Å². The molecule has 1 rings (SSSR count). The summed E-state index contributed by atoms with van der Waals surface area (Å²) in [5.41, 5.74) is 0. The highest BCUT2D eigenvalue weighted by atomic mass is 16.3. The summed E-state index contributed by atoms with van der Waals surface area (Å²) in [6, 6.07) is 0.643. The largest absolute Gasteiger partial charge is 0.392 e. The molecule has 2 N–H and O–H groups in total. The SMILES string of the molecule is CCC(CC)C(O)CNC1CCC(C(C)C)CC1. The number of aliphatic hydroxyl groups is 1. The van der Waals surface area contributed by atoms with Crippen LogP contribution in [0.3, 0.4) is 0 Å². The average molecular weight is 255 g/mol. The zero-order valence-corrected chi connectivity index (χ0v) is 12.8. The van der Waals surface area contributed by atoms with Gasteiger partial charge < -0.3 is 10.4 Å². The maximum atomic E-state index is 10.1. The van der Waals surface area contributed by atoms with Crippen molar-refractivity contribution in [3.63, 3.8) is 0 Å². The normalized spacial score (nSPS) is 26.8. The smallest absolute Gasteiger partial charge is 0.0692 e. The second-order valence-electron chi connectivity index (χ2n) is 6.41. The van der Waals surface area contributed by atoms with Gasteiger partial charge >= 0.3 is 0 Å². The van der Waals surface area contributed by atoms with E-state index in [0.717, 1.165) is 31.2 Å². The molecule has 2 nitrogen and oxygen atoms in total. The summed E-state index contributed by atoms with van der Waals surface area (Å²) in [6.45, 7) is 9.81. The fourth-order valence-corrected chi connectivity index (χ4v) is 3.28. The number of aliphatic hydroxyl groups excluding tert-OH is 1. The first kappa shape index (κ1) is 16.0. The predicted octanol–water partition coefficient (Wildman–Crippen LogP) is 3.59. The minimum atomic E-state index is -0.164. The van der Waals surface area contributed by atoms with Crippen molar-refractivity contribution in [3.05, 3.63) is 0 Å². The standard InChI is InChI=1S/C16H33NO/c1-5-13(6-2)16(18)11-17-15-9-7-14(8-10-15)12(3)4/h12-18H,5-11H2,1-4H3. The third kappa shape index (κ3) is 4.89.